The number of alkyl halides is 1. The van der Waals surface area contributed by atoms with E-state index in [0.717, 1.165) is 46.3 Å². The summed E-state index contributed by atoms with van der Waals surface area (Å²) in [5.74, 6) is -0.478. The molecule has 0 aliphatic heterocycles. The van der Waals surface area contributed by atoms with Crippen molar-refractivity contribution in [2.75, 3.05) is 27.5 Å². The zero-order valence-electron chi connectivity index (χ0n) is 19.8. The molecule has 0 radical (unpaired) electrons. The molecule has 0 aliphatic carbocycles. The predicted octanol–water partition coefficient (Wildman–Crippen LogP) is 7.32. The number of hydrogen-bond acceptors (Lipinski definition) is 6. The average molecular weight is 467 g/mol. The van der Waals surface area contributed by atoms with E-state index < -0.39 is 26.6 Å². The second-order valence-electron chi connectivity index (χ2n) is 7.71. The maximum Gasteiger partial charge on any atom is 0.474 e. The van der Waals surface area contributed by atoms with E-state index in [9.17, 15) is 13.8 Å². The number of unbranched alkanes of at least 4 members (excludes halogenated alkanes) is 11. The van der Waals surface area contributed by atoms with Gasteiger partial charge in [0.15, 0.2) is 6.10 Å². The predicted molar refractivity (Wildman–Crippen MR) is 123 cm³/mol. The summed E-state index contributed by atoms with van der Waals surface area (Å²) >= 11 is 0. The lowest BCUT2D eigenvalue weighted by atomic mass is 10.1. The smallest absolute Gasteiger partial charge is 0.457 e. The molecule has 8 heteroatoms. The van der Waals surface area contributed by atoms with Crippen molar-refractivity contribution in [3.63, 3.8) is 0 Å². The van der Waals surface area contributed by atoms with Gasteiger partial charge < -0.3 is 4.74 Å². The molecule has 0 fully saturated rings. The molecule has 6 nitrogen and oxygen atoms in total. The number of phosphoric acid groups is 1. The minimum absolute atomic E-state index is 0.237. The number of rotatable bonds is 22. The lowest BCUT2D eigenvalue weighted by Crippen LogP contribution is -2.25. The van der Waals surface area contributed by atoms with Crippen LogP contribution < -0.4 is 0 Å². The van der Waals surface area contributed by atoms with E-state index >= 15 is 0 Å². The van der Waals surface area contributed by atoms with Crippen LogP contribution in [0.3, 0.4) is 0 Å². The highest BCUT2D eigenvalue weighted by molar-refractivity contribution is 7.48. The van der Waals surface area contributed by atoms with Gasteiger partial charge >= 0.3 is 13.8 Å². The van der Waals surface area contributed by atoms with Crippen molar-refractivity contribution in [3.05, 3.63) is 12.2 Å². The van der Waals surface area contributed by atoms with Gasteiger partial charge in [0.2, 0.25) is 0 Å². The van der Waals surface area contributed by atoms with E-state index in [1.54, 1.807) is 0 Å². The molecule has 0 N–H and O–H groups in total. The van der Waals surface area contributed by atoms with E-state index in [4.69, 9.17) is 9.26 Å². The maximum atomic E-state index is 13.0. The van der Waals surface area contributed by atoms with E-state index in [0.29, 0.717) is 6.42 Å². The highest BCUT2D eigenvalue weighted by atomic mass is 31.2. The Morgan fingerprint density at radius 1 is 0.871 bits per heavy atom. The summed E-state index contributed by atoms with van der Waals surface area (Å²) in [5, 5.41) is 0. The molecular formula is C23H44FO6P. The number of halogens is 1. The minimum atomic E-state index is -3.71. The van der Waals surface area contributed by atoms with Crippen LogP contribution in [0.2, 0.25) is 0 Å². The molecule has 0 aromatic carbocycles. The molecule has 0 saturated carbocycles. The van der Waals surface area contributed by atoms with Crippen molar-refractivity contribution >= 4 is 13.8 Å². The average Bonchev–Trinajstić information content (AvgIpc) is 2.78. The highest BCUT2D eigenvalue weighted by Gasteiger charge is 2.26. The summed E-state index contributed by atoms with van der Waals surface area (Å²) in [6, 6.07) is 0. The van der Waals surface area contributed by atoms with E-state index in [1.165, 1.54) is 44.9 Å². The Labute approximate surface area is 188 Å². The fraction of sp³-hybridized carbons (Fsp3) is 0.870. The monoisotopic (exact) mass is 466 g/mol. The first-order chi connectivity index (χ1) is 15.0. The Balaban J connectivity index is 3.62. The summed E-state index contributed by atoms with van der Waals surface area (Å²) in [5.41, 5.74) is 0. The maximum absolute atomic E-state index is 13.0. The number of ether oxygens (including phenoxy) is 1. The molecule has 0 heterocycles. The largest absolute Gasteiger partial charge is 0.474 e. The number of esters is 1. The van der Waals surface area contributed by atoms with Crippen LogP contribution in [-0.4, -0.2) is 39.6 Å². The molecule has 184 valence electrons. The summed E-state index contributed by atoms with van der Waals surface area (Å²) in [4.78, 5) is 11.8. The summed E-state index contributed by atoms with van der Waals surface area (Å²) < 4.78 is 43.8. The number of carbonyl (C=O) groups is 1. The van der Waals surface area contributed by atoms with Crippen LogP contribution >= 0.6 is 7.82 Å². The molecule has 0 spiro atoms. The minimum Gasteiger partial charge on any atom is -0.457 e. The van der Waals surface area contributed by atoms with E-state index in [1.807, 2.05) is 0 Å². The number of hydrogen-bond donors (Lipinski definition) is 0. The number of phosphoric ester groups is 1. The van der Waals surface area contributed by atoms with Crippen molar-refractivity contribution in [2.45, 2.75) is 103 Å². The Morgan fingerprint density at radius 2 is 1.39 bits per heavy atom. The standard InChI is InChI=1S/C23H44FO6P/c1-4-5-6-7-8-9-10-11-12-13-14-15-16-17-18-19-23(25)30-22(20-24)21-29-31(26,27-2)28-3/h11-12,22H,4-10,13-21H2,1-3H3/b12-11-. The lowest BCUT2D eigenvalue weighted by Gasteiger charge is -2.18. The van der Waals surface area contributed by atoms with Crippen molar-refractivity contribution in [1.82, 2.24) is 0 Å². The molecular weight excluding hydrogens is 422 g/mol. The number of allylic oxidation sites excluding steroid dienone is 2. The molecule has 31 heavy (non-hydrogen) atoms. The molecule has 0 saturated heterocycles. The molecule has 0 aromatic rings. The molecule has 1 unspecified atom stereocenters. The molecule has 0 rings (SSSR count). The Kier molecular flexibility index (Phi) is 20.6. The van der Waals surface area contributed by atoms with Crippen LogP contribution in [0.1, 0.15) is 96.8 Å². The summed E-state index contributed by atoms with van der Waals surface area (Å²) in [6.45, 7) is 0.936. The van der Waals surface area contributed by atoms with Crippen molar-refractivity contribution < 1.29 is 32.1 Å². The molecule has 0 bridgehead atoms. The second kappa shape index (κ2) is 21.1. The van der Waals surface area contributed by atoms with Crippen LogP contribution in [0.15, 0.2) is 12.2 Å². The third-order valence-corrected chi connectivity index (χ3v) is 6.34. The fourth-order valence-electron chi connectivity index (χ4n) is 3.05. The molecule has 0 aromatic heterocycles. The van der Waals surface area contributed by atoms with Crippen LogP contribution in [-0.2, 0) is 27.7 Å². The van der Waals surface area contributed by atoms with Gasteiger partial charge in [-0.2, -0.15) is 0 Å². The van der Waals surface area contributed by atoms with Gasteiger partial charge in [-0.1, -0.05) is 70.4 Å². The van der Waals surface area contributed by atoms with Gasteiger partial charge in [0.05, 0.1) is 6.61 Å². The molecule has 0 aliphatic rings. The van der Waals surface area contributed by atoms with E-state index in [-0.39, 0.29) is 13.0 Å². The van der Waals surface area contributed by atoms with Gasteiger partial charge in [0.1, 0.15) is 6.67 Å². The third-order valence-electron chi connectivity index (χ3n) is 4.98. The molecule has 0 amide bonds. The first-order valence-electron chi connectivity index (χ1n) is 11.8. The summed E-state index contributed by atoms with van der Waals surface area (Å²) in [6.07, 6.45) is 19.1. The quantitative estimate of drug-likeness (QED) is 0.0720. The van der Waals surface area contributed by atoms with Gasteiger partial charge in [-0.05, 0) is 32.1 Å². The lowest BCUT2D eigenvalue weighted by molar-refractivity contribution is -0.152. The Morgan fingerprint density at radius 3 is 1.90 bits per heavy atom. The van der Waals surface area contributed by atoms with Crippen LogP contribution in [0.5, 0.6) is 0 Å². The van der Waals surface area contributed by atoms with E-state index in [2.05, 4.69) is 28.1 Å². The van der Waals surface area contributed by atoms with Gasteiger partial charge in [0, 0.05) is 20.6 Å². The van der Waals surface area contributed by atoms with Crippen molar-refractivity contribution in [1.29, 1.82) is 0 Å². The first-order valence-corrected chi connectivity index (χ1v) is 13.2. The van der Waals surface area contributed by atoms with Gasteiger partial charge in [0.25, 0.3) is 0 Å². The SMILES string of the molecule is CCCCCCCC/C=C\CCCCCCCC(=O)OC(CF)COP(=O)(OC)OC. The fourth-order valence-corrected chi connectivity index (χ4v) is 3.76. The topological polar surface area (TPSA) is 71.1 Å². The normalized spacial score (nSPS) is 13.0. The Bertz CT molecular complexity index is 492. The van der Waals surface area contributed by atoms with Crippen molar-refractivity contribution in [2.24, 2.45) is 0 Å². The Hall–Kier alpha value is -0.750. The first kappa shape index (κ1) is 30.2. The van der Waals surface area contributed by atoms with Gasteiger partial charge in [-0.3, -0.25) is 18.4 Å². The third kappa shape index (κ3) is 18.5. The van der Waals surface area contributed by atoms with Gasteiger partial charge in [-0.15, -0.1) is 0 Å². The zero-order valence-corrected chi connectivity index (χ0v) is 20.7. The van der Waals surface area contributed by atoms with Crippen LogP contribution in [0, 0.1) is 0 Å². The second-order valence-corrected chi connectivity index (χ2v) is 9.59. The zero-order chi connectivity index (χ0) is 23.2. The molecule has 1 atom stereocenters. The summed E-state index contributed by atoms with van der Waals surface area (Å²) in [7, 11) is -1.39. The van der Waals surface area contributed by atoms with Gasteiger partial charge in [-0.25, -0.2) is 8.96 Å². The highest BCUT2D eigenvalue weighted by Crippen LogP contribution is 2.47. The van der Waals surface area contributed by atoms with Crippen LogP contribution in [0.4, 0.5) is 4.39 Å². The number of carbonyl (C=O) groups excluding carboxylic acids is 1. The van der Waals surface area contributed by atoms with Crippen molar-refractivity contribution in [3.8, 4) is 0 Å². The van der Waals surface area contributed by atoms with Crippen LogP contribution in [0.25, 0.3) is 0 Å².